The summed E-state index contributed by atoms with van der Waals surface area (Å²) in [7, 11) is 1.84. The minimum atomic E-state index is -0.300. The van der Waals surface area contributed by atoms with E-state index in [1.165, 1.54) is 12.1 Å². The van der Waals surface area contributed by atoms with E-state index in [1.54, 1.807) is 15.6 Å². The molecule has 0 saturated heterocycles. The van der Waals surface area contributed by atoms with Crippen LogP contribution in [-0.2, 0) is 13.6 Å². The highest BCUT2D eigenvalue weighted by molar-refractivity contribution is 5.98. The Morgan fingerprint density at radius 1 is 1.24 bits per heavy atom. The Hall–Kier alpha value is -2.76. The lowest BCUT2D eigenvalue weighted by Gasteiger charge is -2.22. The molecule has 0 aliphatic carbocycles. The van der Waals surface area contributed by atoms with E-state index in [0.717, 1.165) is 22.3 Å². The lowest BCUT2D eigenvalue weighted by atomic mass is 10.1. The summed E-state index contributed by atoms with van der Waals surface area (Å²) in [4.78, 5) is 19.3. The molecule has 0 N–H and O–H groups in total. The second-order valence-electron chi connectivity index (χ2n) is 6.15. The summed E-state index contributed by atoms with van der Waals surface area (Å²) in [5.74, 6) is -0.409. The number of aryl methyl sites for hydroxylation is 3. The lowest BCUT2D eigenvalue weighted by Crippen LogP contribution is -2.31. The largest absolute Gasteiger partial charge is 0.335 e. The molecule has 0 spiro atoms. The predicted molar refractivity (Wildman–Crippen MR) is 94.8 cm³/mol. The number of hydrogen-bond acceptors (Lipinski definition) is 3. The van der Waals surface area contributed by atoms with Crippen molar-refractivity contribution in [2.24, 2.45) is 7.05 Å². The molecule has 0 atom stereocenters. The number of benzene rings is 1. The van der Waals surface area contributed by atoms with Crippen LogP contribution in [0.25, 0.3) is 11.0 Å². The number of pyridine rings is 1. The van der Waals surface area contributed by atoms with E-state index in [1.807, 2.05) is 40.0 Å². The number of hydrogen-bond donors (Lipinski definition) is 0. The number of fused-ring (bicyclic) bond motifs is 1. The van der Waals surface area contributed by atoms with Gasteiger partial charge in [-0.1, -0.05) is 12.1 Å². The molecule has 6 heteroatoms. The highest BCUT2D eigenvalue weighted by Crippen LogP contribution is 2.21. The van der Waals surface area contributed by atoms with Crippen LogP contribution in [0, 0.1) is 19.7 Å². The molecule has 0 bridgehead atoms. The summed E-state index contributed by atoms with van der Waals surface area (Å²) in [5.41, 5.74) is 3.59. The second-order valence-corrected chi connectivity index (χ2v) is 6.15. The van der Waals surface area contributed by atoms with E-state index in [-0.39, 0.29) is 11.7 Å². The summed E-state index contributed by atoms with van der Waals surface area (Å²) in [6, 6.07) is 8.18. The van der Waals surface area contributed by atoms with Gasteiger partial charge in [-0.2, -0.15) is 5.10 Å². The number of amides is 1. The van der Waals surface area contributed by atoms with Gasteiger partial charge >= 0.3 is 0 Å². The quantitative estimate of drug-likeness (QED) is 0.731. The first-order valence-electron chi connectivity index (χ1n) is 8.25. The van der Waals surface area contributed by atoms with Gasteiger partial charge in [-0.15, -0.1) is 0 Å². The van der Waals surface area contributed by atoms with Gasteiger partial charge in [-0.3, -0.25) is 9.48 Å². The van der Waals surface area contributed by atoms with Crippen LogP contribution in [0.3, 0.4) is 0 Å². The van der Waals surface area contributed by atoms with Gasteiger partial charge in [0.05, 0.1) is 17.0 Å². The van der Waals surface area contributed by atoms with Gasteiger partial charge in [0.15, 0.2) is 5.65 Å². The normalized spacial score (nSPS) is 11.1. The molecule has 25 heavy (non-hydrogen) atoms. The van der Waals surface area contributed by atoms with Gasteiger partial charge < -0.3 is 4.90 Å². The Bertz CT molecular complexity index is 948. The van der Waals surface area contributed by atoms with E-state index in [2.05, 4.69) is 10.1 Å². The topological polar surface area (TPSA) is 51.0 Å². The van der Waals surface area contributed by atoms with Crippen molar-refractivity contribution in [3.8, 4) is 0 Å². The number of halogens is 1. The van der Waals surface area contributed by atoms with Crippen LogP contribution in [0.4, 0.5) is 4.39 Å². The molecule has 0 radical (unpaired) electrons. The van der Waals surface area contributed by atoms with Gasteiger partial charge in [0, 0.05) is 25.5 Å². The minimum Gasteiger partial charge on any atom is -0.335 e. The fourth-order valence-electron chi connectivity index (χ4n) is 3.00. The maximum atomic E-state index is 13.4. The zero-order valence-electron chi connectivity index (χ0n) is 14.9. The van der Waals surface area contributed by atoms with Crippen LogP contribution in [0.1, 0.15) is 34.2 Å². The highest BCUT2D eigenvalue weighted by Gasteiger charge is 2.20. The smallest absolute Gasteiger partial charge is 0.256 e. The summed E-state index contributed by atoms with van der Waals surface area (Å²) in [6.45, 7) is 6.52. The second kappa shape index (κ2) is 6.63. The molecule has 0 aliphatic heterocycles. The number of carbonyl (C=O) groups excluding carboxylic acids is 1. The average molecular weight is 340 g/mol. The van der Waals surface area contributed by atoms with E-state index < -0.39 is 0 Å². The van der Waals surface area contributed by atoms with Crippen molar-refractivity contribution >= 4 is 16.9 Å². The molecule has 2 heterocycles. The van der Waals surface area contributed by atoms with Gasteiger partial charge in [0.1, 0.15) is 5.82 Å². The van der Waals surface area contributed by atoms with Gasteiger partial charge in [0.25, 0.3) is 5.91 Å². The zero-order chi connectivity index (χ0) is 18.1. The summed E-state index contributed by atoms with van der Waals surface area (Å²) >= 11 is 0. The molecule has 0 unspecified atom stereocenters. The van der Waals surface area contributed by atoms with Gasteiger partial charge in [-0.05, 0) is 44.5 Å². The zero-order valence-corrected chi connectivity index (χ0v) is 14.9. The van der Waals surface area contributed by atoms with E-state index in [0.29, 0.717) is 24.3 Å². The van der Waals surface area contributed by atoms with E-state index >= 15 is 0 Å². The average Bonchev–Trinajstić information content (AvgIpc) is 2.85. The van der Waals surface area contributed by atoms with Crippen molar-refractivity contribution in [3.63, 3.8) is 0 Å². The van der Waals surface area contributed by atoms with Crippen molar-refractivity contribution in [1.29, 1.82) is 0 Å². The first kappa shape index (κ1) is 17.1. The van der Waals surface area contributed by atoms with Crippen molar-refractivity contribution < 1.29 is 9.18 Å². The van der Waals surface area contributed by atoms with Crippen LogP contribution in [0.2, 0.25) is 0 Å². The number of rotatable bonds is 4. The first-order chi connectivity index (χ1) is 11.9. The van der Waals surface area contributed by atoms with Crippen LogP contribution in [0.15, 0.2) is 30.3 Å². The van der Waals surface area contributed by atoms with Crippen LogP contribution < -0.4 is 0 Å². The standard InChI is InChI=1S/C19H21FN4O/c1-5-24(11-14-7-6-8-15(20)9-14)19(25)17-10-16-13(3)22-23(4)18(16)21-12(17)2/h6-10H,5,11H2,1-4H3. The van der Waals surface area contributed by atoms with E-state index in [4.69, 9.17) is 0 Å². The Labute approximate surface area is 146 Å². The molecule has 5 nitrogen and oxygen atoms in total. The maximum absolute atomic E-state index is 13.4. The molecule has 0 saturated carbocycles. The van der Waals surface area contributed by atoms with Crippen molar-refractivity contribution in [2.45, 2.75) is 27.3 Å². The minimum absolute atomic E-state index is 0.109. The fourth-order valence-corrected chi connectivity index (χ4v) is 3.00. The SMILES string of the molecule is CCN(Cc1cccc(F)c1)C(=O)c1cc2c(C)nn(C)c2nc1C. The molecule has 130 valence electrons. The third kappa shape index (κ3) is 3.24. The van der Waals surface area contributed by atoms with Crippen molar-refractivity contribution in [2.75, 3.05) is 6.54 Å². The number of carbonyl (C=O) groups is 1. The van der Waals surface area contributed by atoms with Crippen molar-refractivity contribution in [3.05, 3.63) is 58.7 Å². The number of aromatic nitrogens is 3. The third-order valence-electron chi connectivity index (χ3n) is 4.35. The Balaban J connectivity index is 1.96. The molecule has 1 aromatic carbocycles. The highest BCUT2D eigenvalue weighted by atomic mass is 19.1. The molecule has 3 aromatic rings. The molecule has 3 rings (SSSR count). The third-order valence-corrected chi connectivity index (χ3v) is 4.35. The summed E-state index contributed by atoms with van der Waals surface area (Å²) in [5, 5.41) is 5.24. The molecule has 0 fully saturated rings. The summed E-state index contributed by atoms with van der Waals surface area (Å²) in [6.07, 6.45) is 0. The number of nitrogens with zero attached hydrogens (tertiary/aromatic N) is 4. The fraction of sp³-hybridized carbons (Fsp3) is 0.316. The molecule has 0 aliphatic rings. The lowest BCUT2D eigenvalue weighted by molar-refractivity contribution is 0.0751. The first-order valence-corrected chi connectivity index (χ1v) is 8.25. The maximum Gasteiger partial charge on any atom is 0.256 e. The van der Waals surface area contributed by atoms with Crippen LogP contribution in [-0.4, -0.2) is 32.1 Å². The van der Waals surface area contributed by atoms with Gasteiger partial charge in [-0.25, -0.2) is 9.37 Å². The van der Waals surface area contributed by atoms with Crippen molar-refractivity contribution in [1.82, 2.24) is 19.7 Å². The Morgan fingerprint density at radius 2 is 2.00 bits per heavy atom. The molecule has 1 amide bonds. The molecule has 2 aromatic heterocycles. The predicted octanol–water partition coefficient (Wildman–Crippen LogP) is 3.39. The van der Waals surface area contributed by atoms with Crippen LogP contribution >= 0.6 is 0 Å². The Kier molecular flexibility index (Phi) is 4.53. The van der Waals surface area contributed by atoms with Crippen LogP contribution in [0.5, 0.6) is 0 Å². The molecular formula is C19H21FN4O. The van der Waals surface area contributed by atoms with E-state index in [9.17, 15) is 9.18 Å². The molecular weight excluding hydrogens is 319 g/mol. The Morgan fingerprint density at radius 3 is 2.68 bits per heavy atom. The monoisotopic (exact) mass is 340 g/mol. The van der Waals surface area contributed by atoms with Gasteiger partial charge in [0.2, 0.25) is 0 Å². The summed E-state index contributed by atoms with van der Waals surface area (Å²) < 4.78 is 15.1.